The van der Waals surface area contributed by atoms with Crippen LogP contribution in [0.3, 0.4) is 0 Å². The molecule has 0 radical (unpaired) electrons. The van der Waals surface area contributed by atoms with Crippen molar-refractivity contribution in [1.29, 1.82) is 0 Å². The first-order valence-corrected chi connectivity index (χ1v) is 2.72. The van der Waals surface area contributed by atoms with Gasteiger partial charge in [0.2, 0.25) is 5.91 Å². The summed E-state index contributed by atoms with van der Waals surface area (Å²) in [6.45, 7) is 0. The van der Waals surface area contributed by atoms with Gasteiger partial charge < -0.3 is 15.6 Å². The van der Waals surface area contributed by atoms with Crippen LogP contribution in [0.1, 0.15) is 0 Å². The molecule has 0 fully saturated rings. The fourth-order valence-electron chi connectivity index (χ4n) is 0.243. The van der Waals surface area contributed by atoms with Crippen LogP contribution in [0, 0.1) is 0 Å². The van der Waals surface area contributed by atoms with Crippen LogP contribution in [0.4, 0.5) is 0 Å². The van der Waals surface area contributed by atoms with Crippen molar-refractivity contribution in [3.05, 3.63) is 0 Å². The number of hydrogen-bond donors (Lipinski definition) is 3. The van der Waals surface area contributed by atoms with Gasteiger partial charge >= 0.3 is 0 Å². The number of rotatable bonds is 3. The summed E-state index contributed by atoms with van der Waals surface area (Å²) in [6, 6.07) is 0. The molecule has 0 unspecified atom stereocenters. The van der Waals surface area contributed by atoms with E-state index in [4.69, 9.17) is 5.11 Å². The minimum Gasteiger partial charge on any atom is -0.384 e. The Hall–Kier alpha value is -0.550. The molecular weight excluding hydrogens is 142 g/mol. The lowest BCUT2D eigenvalue weighted by atomic mass is 10.2. The third-order valence-electron chi connectivity index (χ3n) is 0.754. The van der Waals surface area contributed by atoms with E-state index in [2.05, 4.69) is 18.4 Å². The molecule has 9 heavy (non-hydrogen) atoms. The summed E-state index contributed by atoms with van der Waals surface area (Å²) >= 11 is 3.54. The number of nitrogens with two attached hydrogens (primary N) is 1. The Labute approximate surface area is 57.4 Å². The SMILES string of the molecule is NC(=O)[C@H](S)[C@H](O)C=O. The second-order valence-electron chi connectivity index (χ2n) is 1.47. The summed E-state index contributed by atoms with van der Waals surface area (Å²) in [7, 11) is 0. The van der Waals surface area contributed by atoms with Gasteiger partial charge in [0, 0.05) is 0 Å². The lowest BCUT2D eigenvalue weighted by Gasteiger charge is -2.06. The molecule has 0 aliphatic rings. The molecule has 0 saturated heterocycles. The van der Waals surface area contributed by atoms with E-state index < -0.39 is 17.3 Å². The summed E-state index contributed by atoms with van der Waals surface area (Å²) in [5.74, 6) is -0.807. The van der Waals surface area contributed by atoms with E-state index in [-0.39, 0.29) is 6.29 Å². The molecule has 52 valence electrons. The van der Waals surface area contributed by atoms with Gasteiger partial charge in [0.1, 0.15) is 17.6 Å². The van der Waals surface area contributed by atoms with Crippen LogP contribution in [-0.2, 0) is 9.59 Å². The monoisotopic (exact) mass is 149 g/mol. The van der Waals surface area contributed by atoms with E-state index in [9.17, 15) is 9.59 Å². The smallest absolute Gasteiger partial charge is 0.233 e. The van der Waals surface area contributed by atoms with Crippen LogP contribution < -0.4 is 5.73 Å². The minimum atomic E-state index is -1.40. The van der Waals surface area contributed by atoms with Crippen LogP contribution in [0.25, 0.3) is 0 Å². The summed E-state index contributed by atoms with van der Waals surface area (Å²) in [6.07, 6.45) is -1.19. The standard InChI is InChI=1S/C4H7NO3S/c5-4(8)3(9)2(7)1-6/h1-3,7,9H,(H2,5,8)/t2-,3-/m1/s1. The quantitative estimate of drug-likeness (QED) is 0.331. The maximum Gasteiger partial charge on any atom is 0.233 e. The number of carbonyl (C=O) groups excluding carboxylic acids is 2. The zero-order valence-electron chi connectivity index (χ0n) is 4.52. The number of aliphatic hydroxyl groups is 1. The number of amides is 1. The van der Waals surface area contributed by atoms with E-state index in [1.54, 1.807) is 0 Å². The Morgan fingerprint density at radius 2 is 2.22 bits per heavy atom. The van der Waals surface area contributed by atoms with Gasteiger partial charge in [-0.3, -0.25) is 4.79 Å². The van der Waals surface area contributed by atoms with E-state index in [0.717, 1.165) is 0 Å². The van der Waals surface area contributed by atoms with Gasteiger partial charge in [-0.25, -0.2) is 0 Å². The molecule has 2 atom stereocenters. The van der Waals surface area contributed by atoms with Crippen molar-refractivity contribution in [3.63, 3.8) is 0 Å². The number of aldehydes is 1. The lowest BCUT2D eigenvalue weighted by molar-refractivity contribution is -0.123. The number of thiol groups is 1. The lowest BCUT2D eigenvalue weighted by Crippen LogP contribution is -2.35. The normalized spacial score (nSPS) is 16.2. The van der Waals surface area contributed by atoms with Crippen molar-refractivity contribution >= 4 is 24.8 Å². The van der Waals surface area contributed by atoms with Crippen LogP contribution in [-0.4, -0.2) is 28.7 Å². The van der Waals surface area contributed by atoms with E-state index in [0.29, 0.717) is 0 Å². The molecule has 0 aliphatic heterocycles. The molecule has 0 aliphatic carbocycles. The van der Waals surface area contributed by atoms with Gasteiger partial charge in [-0.05, 0) is 0 Å². The number of hydrogen-bond acceptors (Lipinski definition) is 4. The maximum atomic E-state index is 10.1. The average Bonchev–Trinajstić information content (AvgIpc) is 1.84. The van der Waals surface area contributed by atoms with Crippen LogP contribution >= 0.6 is 12.6 Å². The zero-order valence-corrected chi connectivity index (χ0v) is 5.41. The molecule has 5 heteroatoms. The number of primary amides is 1. The summed E-state index contributed by atoms with van der Waals surface area (Å²) in [5, 5.41) is 7.46. The highest BCUT2D eigenvalue weighted by Crippen LogP contribution is 1.97. The fraction of sp³-hybridized carbons (Fsp3) is 0.500. The number of carbonyl (C=O) groups is 2. The predicted molar refractivity (Wildman–Crippen MR) is 34.0 cm³/mol. The van der Waals surface area contributed by atoms with Crippen molar-refractivity contribution < 1.29 is 14.7 Å². The molecule has 0 heterocycles. The maximum absolute atomic E-state index is 10.1. The molecular formula is C4H7NO3S. The molecule has 4 nitrogen and oxygen atoms in total. The second kappa shape index (κ2) is 3.47. The van der Waals surface area contributed by atoms with Crippen LogP contribution in [0.15, 0.2) is 0 Å². The van der Waals surface area contributed by atoms with Gasteiger partial charge in [0.15, 0.2) is 0 Å². The largest absolute Gasteiger partial charge is 0.384 e. The molecule has 0 rings (SSSR count). The van der Waals surface area contributed by atoms with Crippen molar-refractivity contribution in [2.75, 3.05) is 0 Å². The molecule has 0 saturated carbocycles. The van der Waals surface area contributed by atoms with Gasteiger partial charge in [0.05, 0.1) is 0 Å². The molecule has 3 N–H and O–H groups in total. The summed E-state index contributed by atoms with van der Waals surface area (Å²) < 4.78 is 0. The number of aliphatic hydroxyl groups excluding tert-OH is 1. The minimum absolute atomic E-state index is 0.211. The first kappa shape index (κ1) is 8.45. The topological polar surface area (TPSA) is 80.4 Å². The highest BCUT2D eigenvalue weighted by atomic mass is 32.1. The van der Waals surface area contributed by atoms with Crippen molar-refractivity contribution in [1.82, 2.24) is 0 Å². The highest BCUT2D eigenvalue weighted by molar-refractivity contribution is 7.81. The summed E-state index contributed by atoms with van der Waals surface area (Å²) in [5.41, 5.74) is 4.68. The van der Waals surface area contributed by atoms with Gasteiger partial charge in [-0.2, -0.15) is 12.6 Å². The fourth-order valence-corrected chi connectivity index (χ4v) is 0.313. The van der Waals surface area contributed by atoms with E-state index in [1.807, 2.05) is 0 Å². The van der Waals surface area contributed by atoms with Crippen LogP contribution in [0.2, 0.25) is 0 Å². The molecule has 0 aromatic rings. The van der Waals surface area contributed by atoms with E-state index in [1.165, 1.54) is 0 Å². The predicted octanol–water partition coefficient (Wildman–Crippen LogP) is -1.67. The first-order valence-electron chi connectivity index (χ1n) is 2.20. The average molecular weight is 149 g/mol. The summed E-state index contributed by atoms with van der Waals surface area (Å²) in [4.78, 5) is 19.9. The Balaban J connectivity index is 3.86. The van der Waals surface area contributed by atoms with Crippen molar-refractivity contribution in [2.45, 2.75) is 11.4 Å². The Morgan fingerprint density at radius 3 is 2.33 bits per heavy atom. The molecule has 0 aromatic carbocycles. The van der Waals surface area contributed by atoms with Gasteiger partial charge in [-0.1, -0.05) is 0 Å². The molecule has 0 spiro atoms. The molecule has 0 bridgehead atoms. The van der Waals surface area contributed by atoms with Crippen molar-refractivity contribution in [3.8, 4) is 0 Å². The Bertz CT molecular complexity index is 127. The van der Waals surface area contributed by atoms with Crippen LogP contribution in [0.5, 0.6) is 0 Å². The first-order chi connectivity index (χ1) is 4.09. The van der Waals surface area contributed by atoms with Gasteiger partial charge in [-0.15, -0.1) is 0 Å². The highest BCUT2D eigenvalue weighted by Gasteiger charge is 2.18. The van der Waals surface area contributed by atoms with Crippen molar-refractivity contribution in [2.24, 2.45) is 5.73 Å². The Kier molecular flexibility index (Phi) is 3.26. The van der Waals surface area contributed by atoms with E-state index >= 15 is 0 Å². The second-order valence-corrected chi connectivity index (χ2v) is 2.03. The zero-order chi connectivity index (χ0) is 7.44. The Morgan fingerprint density at radius 1 is 1.78 bits per heavy atom. The van der Waals surface area contributed by atoms with Gasteiger partial charge in [0.25, 0.3) is 0 Å². The molecule has 1 amide bonds. The third-order valence-corrected chi connectivity index (χ3v) is 1.31. The molecule has 0 aromatic heterocycles. The third kappa shape index (κ3) is 2.48.